The first kappa shape index (κ1) is 43.0. The monoisotopic (exact) mass is 728 g/mol. The van der Waals surface area contributed by atoms with Crippen LogP contribution in [-0.2, 0) is 40.0 Å². The summed E-state index contributed by atoms with van der Waals surface area (Å²) in [4.78, 5) is 79.1. The minimum atomic E-state index is -1.46. The zero-order valence-corrected chi connectivity index (χ0v) is 28.9. The predicted octanol–water partition coefficient (Wildman–Crippen LogP) is -4.33. The van der Waals surface area contributed by atoms with Crippen molar-refractivity contribution >= 4 is 35.8 Å². The average molecular weight is 729 g/mol. The van der Waals surface area contributed by atoms with Crippen LogP contribution in [0.3, 0.4) is 0 Å². The zero-order valence-electron chi connectivity index (χ0n) is 28.9. The molecule has 10 N–H and O–H groups in total. The topological polar surface area (TPSA) is 297 Å². The molecule has 1 saturated heterocycles. The van der Waals surface area contributed by atoms with E-state index in [1.165, 1.54) is 17.4 Å². The molecule has 2 heterocycles. The highest BCUT2D eigenvalue weighted by Crippen LogP contribution is 2.19. The Balaban J connectivity index is 2.06. The molecule has 2 rings (SSSR count). The average Bonchev–Trinajstić information content (AvgIpc) is 3.82. The van der Waals surface area contributed by atoms with Gasteiger partial charge in [-0.2, -0.15) is 0 Å². The predicted molar refractivity (Wildman–Crippen MR) is 178 cm³/mol. The summed E-state index contributed by atoms with van der Waals surface area (Å²) in [5.74, 6) is -3.12. The summed E-state index contributed by atoms with van der Waals surface area (Å²) in [7, 11) is 0. The summed E-state index contributed by atoms with van der Waals surface area (Å²) in [5.41, 5.74) is 0.474. The van der Waals surface area contributed by atoms with E-state index in [9.17, 15) is 39.3 Å². The number of aliphatic hydroxyl groups excluding tert-OH is 5. The highest BCUT2D eigenvalue weighted by Gasteiger charge is 2.37. The van der Waals surface area contributed by atoms with Crippen LogP contribution < -0.4 is 21.3 Å². The van der Waals surface area contributed by atoms with Crippen LogP contribution in [0.2, 0.25) is 0 Å². The Hall–Kier alpha value is -4.21. The summed E-state index contributed by atoms with van der Waals surface area (Å²) < 4.78 is 5.18. The number of oxime groups is 1. The number of carbonyl (C=O) groups is 5. The lowest BCUT2D eigenvalue weighted by molar-refractivity contribution is -0.140. The van der Waals surface area contributed by atoms with E-state index in [2.05, 4.69) is 36.4 Å². The number of ether oxygens (including phenoxy) is 1. The van der Waals surface area contributed by atoms with Crippen molar-refractivity contribution in [2.45, 2.75) is 82.3 Å². The number of aliphatic hydroxyl groups is 5. The molecule has 1 aromatic heterocycles. The van der Waals surface area contributed by atoms with E-state index in [1.807, 2.05) is 13.8 Å². The molecule has 3 unspecified atom stereocenters. The fourth-order valence-corrected chi connectivity index (χ4v) is 5.05. The highest BCUT2D eigenvalue weighted by atomic mass is 16.6. The van der Waals surface area contributed by atoms with E-state index in [0.717, 1.165) is 6.21 Å². The number of H-pyrrole nitrogens is 1. The second-order valence-corrected chi connectivity index (χ2v) is 12.2. The lowest BCUT2D eigenvalue weighted by Gasteiger charge is -2.28. The Morgan fingerprint density at radius 3 is 2.37 bits per heavy atom. The molecule has 1 fully saturated rings. The van der Waals surface area contributed by atoms with Crippen molar-refractivity contribution in [3.05, 3.63) is 18.2 Å². The van der Waals surface area contributed by atoms with Gasteiger partial charge in [0.15, 0.2) is 0 Å². The molecule has 288 valence electrons. The Morgan fingerprint density at radius 1 is 1.00 bits per heavy atom. The number of aromatic nitrogens is 2. The van der Waals surface area contributed by atoms with Crippen molar-refractivity contribution in [2.75, 3.05) is 52.7 Å². The second kappa shape index (κ2) is 23.3. The van der Waals surface area contributed by atoms with E-state index >= 15 is 0 Å². The Kier molecular flexibility index (Phi) is 19.6. The summed E-state index contributed by atoms with van der Waals surface area (Å²) >= 11 is 0. The van der Waals surface area contributed by atoms with Crippen molar-refractivity contribution in [1.29, 1.82) is 0 Å². The maximum Gasteiger partial charge on any atom is 0.245 e. The van der Waals surface area contributed by atoms with Gasteiger partial charge in [-0.25, -0.2) is 4.98 Å². The van der Waals surface area contributed by atoms with Gasteiger partial charge in [-0.3, -0.25) is 24.0 Å². The van der Waals surface area contributed by atoms with Gasteiger partial charge in [0.1, 0.15) is 43.0 Å². The van der Waals surface area contributed by atoms with Gasteiger partial charge in [-0.15, -0.1) is 0 Å². The van der Waals surface area contributed by atoms with E-state index in [-0.39, 0.29) is 64.1 Å². The molecule has 6 atom stereocenters. The fourth-order valence-electron chi connectivity index (χ4n) is 5.05. The maximum absolute atomic E-state index is 13.7. The molecular weight excluding hydrogens is 676 g/mol. The zero-order chi connectivity index (χ0) is 37.8. The van der Waals surface area contributed by atoms with Crippen LogP contribution in [0.4, 0.5) is 0 Å². The molecular formula is C31H52N8O12. The molecule has 0 bridgehead atoms. The number of likely N-dealkylation sites (tertiary alicyclic amines) is 1. The van der Waals surface area contributed by atoms with Gasteiger partial charge in [-0.1, -0.05) is 19.0 Å². The first-order chi connectivity index (χ1) is 24.4. The molecule has 51 heavy (non-hydrogen) atoms. The number of rotatable bonds is 24. The van der Waals surface area contributed by atoms with Crippen molar-refractivity contribution in [2.24, 2.45) is 11.1 Å². The third-order valence-electron chi connectivity index (χ3n) is 7.70. The maximum atomic E-state index is 13.7. The fraction of sp³-hybridized carbons (Fsp3) is 0.710. The van der Waals surface area contributed by atoms with Crippen LogP contribution in [0, 0.1) is 5.92 Å². The molecule has 1 aromatic rings. The van der Waals surface area contributed by atoms with Gasteiger partial charge in [0.05, 0.1) is 58.5 Å². The number of amides is 5. The summed E-state index contributed by atoms with van der Waals surface area (Å²) in [6, 6.07) is -4.57. The van der Waals surface area contributed by atoms with Crippen molar-refractivity contribution in [3.8, 4) is 0 Å². The minimum absolute atomic E-state index is 0.0299. The third-order valence-corrected chi connectivity index (χ3v) is 7.70. The molecule has 0 aliphatic carbocycles. The number of aromatic amines is 1. The second-order valence-electron chi connectivity index (χ2n) is 12.2. The highest BCUT2D eigenvalue weighted by molar-refractivity contribution is 5.95. The molecule has 20 nitrogen and oxygen atoms in total. The Morgan fingerprint density at radius 2 is 1.73 bits per heavy atom. The van der Waals surface area contributed by atoms with Gasteiger partial charge < -0.3 is 66.3 Å². The van der Waals surface area contributed by atoms with Crippen molar-refractivity contribution < 1.29 is 59.1 Å². The van der Waals surface area contributed by atoms with E-state index < -0.39 is 73.2 Å². The number of hydrogen-bond donors (Lipinski definition) is 10. The molecule has 0 saturated carbocycles. The standard InChI is InChI=1S/C31H52N8O12/c1-19(2)12-21(37-31(49)24-4-3-7-39(24)27(45)5-9-50-11-8-40)29(47)36-22(13-20-14-32-18-34-20)30(48)38-23(16-41)28(46)33-6-10-51-35-15-25(43)26(44)17-42/h14-15,18-19,21-26,40-44H,3-13,16-17H2,1-2H3,(H,32,34)(H,33,46)(H,36,47)(H,37,49)(H,38,48)/b35-15+/t21-,22-,23-,24?,25?,26?/m0/s1. The van der Waals surface area contributed by atoms with E-state index in [4.69, 9.17) is 19.8 Å². The van der Waals surface area contributed by atoms with Crippen LogP contribution in [0.25, 0.3) is 0 Å². The number of nitrogens with one attached hydrogen (secondary N) is 5. The van der Waals surface area contributed by atoms with E-state index in [0.29, 0.717) is 25.1 Å². The molecule has 1 aliphatic rings. The van der Waals surface area contributed by atoms with Gasteiger partial charge in [0.25, 0.3) is 0 Å². The summed E-state index contributed by atoms with van der Waals surface area (Å²) in [6.45, 7) is 2.31. The van der Waals surface area contributed by atoms with Crippen LogP contribution in [-0.4, -0.2) is 165 Å². The summed E-state index contributed by atoms with van der Waals surface area (Å²) in [5, 5.41) is 60.0. The van der Waals surface area contributed by atoms with Gasteiger partial charge in [0, 0.05) is 24.9 Å². The first-order valence-electron chi connectivity index (χ1n) is 16.8. The molecule has 0 aromatic carbocycles. The molecule has 0 radical (unpaired) electrons. The third kappa shape index (κ3) is 15.3. The van der Waals surface area contributed by atoms with Crippen LogP contribution in [0.15, 0.2) is 17.7 Å². The molecule has 20 heteroatoms. The quantitative estimate of drug-likeness (QED) is 0.0274. The lowest BCUT2D eigenvalue weighted by atomic mass is 10.0. The minimum Gasteiger partial charge on any atom is -0.394 e. The van der Waals surface area contributed by atoms with Gasteiger partial charge in [-0.05, 0) is 25.2 Å². The first-order valence-corrected chi connectivity index (χ1v) is 16.8. The number of nitrogens with zero attached hydrogens (tertiary/aromatic N) is 3. The molecule has 5 amide bonds. The molecule has 0 spiro atoms. The SMILES string of the molecule is CC(C)C[C@H](NC(=O)C1CCCN1C(=O)CCOCCO)C(=O)N[C@@H](Cc1cnc[nH]1)C(=O)N[C@@H](CO)C(=O)NCCO/N=C/C(O)C(O)CO. The largest absolute Gasteiger partial charge is 0.394 e. The van der Waals surface area contributed by atoms with Crippen molar-refractivity contribution in [3.63, 3.8) is 0 Å². The van der Waals surface area contributed by atoms with Crippen LogP contribution in [0.5, 0.6) is 0 Å². The van der Waals surface area contributed by atoms with Crippen molar-refractivity contribution in [1.82, 2.24) is 36.1 Å². The smallest absolute Gasteiger partial charge is 0.245 e. The Bertz CT molecular complexity index is 1250. The van der Waals surface area contributed by atoms with Gasteiger partial charge >= 0.3 is 0 Å². The Labute approximate surface area is 295 Å². The normalized spacial score (nSPS) is 17.4. The van der Waals surface area contributed by atoms with E-state index in [1.54, 1.807) is 0 Å². The van der Waals surface area contributed by atoms with Crippen LogP contribution in [0.1, 0.15) is 45.2 Å². The summed E-state index contributed by atoms with van der Waals surface area (Å²) in [6.07, 6.45) is 1.93. The lowest BCUT2D eigenvalue weighted by Crippen LogP contribution is -2.59. The number of imidazole rings is 1. The molecule has 1 aliphatic heterocycles. The number of carbonyl (C=O) groups excluding carboxylic acids is 5. The van der Waals surface area contributed by atoms with Crippen LogP contribution >= 0.6 is 0 Å². The number of hydrogen-bond acceptors (Lipinski definition) is 14. The van der Waals surface area contributed by atoms with Gasteiger partial charge in [0.2, 0.25) is 29.5 Å².